The quantitative estimate of drug-likeness (QED) is 0.792. The van der Waals surface area contributed by atoms with Gasteiger partial charge in [-0.25, -0.2) is 4.79 Å². The first-order valence-corrected chi connectivity index (χ1v) is 7.40. The molecule has 1 amide bonds. The molecule has 114 valence electrons. The van der Waals surface area contributed by atoms with Gasteiger partial charge in [0.2, 0.25) is 5.91 Å². The first kappa shape index (κ1) is 16.1. The number of carboxylic acids is 1. The van der Waals surface area contributed by atoms with Crippen LogP contribution in [0.2, 0.25) is 10.0 Å². The number of carboxylic acid groups (broad SMARTS) is 1. The standard InChI is InChI=1S/C14H16Cl2N2O3/c1-2-14(3-4-17-7-14)13(21)18-11-9(12(19)20)5-8(15)6-10(11)16/h5-6,17H,2-4,7H2,1H3,(H,18,21)(H,19,20). The summed E-state index contributed by atoms with van der Waals surface area (Å²) in [5, 5.41) is 15.4. The van der Waals surface area contributed by atoms with Crippen molar-refractivity contribution >= 4 is 40.8 Å². The maximum Gasteiger partial charge on any atom is 0.337 e. The Bertz CT molecular complexity index is 584. The maximum atomic E-state index is 12.5. The Kier molecular flexibility index (Phi) is 4.76. The molecule has 1 heterocycles. The van der Waals surface area contributed by atoms with Crippen molar-refractivity contribution in [2.75, 3.05) is 18.4 Å². The molecular weight excluding hydrogens is 315 g/mol. The summed E-state index contributed by atoms with van der Waals surface area (Å²) in [4.78, 5) is 23.8. The van der Waals surface area contributed by atoms with Gasteiger partial charge in [0, 0.05) is 11.6 Å². The van der Waals surface area contributed by atoms with Crippen LogP contribution in [0.15, 0.2) is 12.1 Å². The number of rotatable bonds is 4. The van der Waals surface area contributed by atoms with Gasteiger partial charge in [0.05, 0.1) is 21.7 Å². The Morgan fingerprint density at radius 1 is 1.43 bits per heavy atom. The summed E-state index contributed by atoms with van der Waals surface area (Å²) in [5.74, 6) is -1.41. The van der Waals surface area contributed by atoms with E-state index in [9.17, 15) is 14.7 Å². The molecule has 0 radical (unpaired) electrons. The Labute approximate surface area is 132 Å². The molecular formula is C14H16Cl2N2O3. The van der Waals surface area contributed by atoms with Gasteiger partial charge in [-0.3, -0.25) is 4.79 Å². The highest BCUT2D eigenvalue weighted by Crippen LogP contribution is 2.35. The summed E-state index contributed by atoms with van der Waals surface area (Å²) in [6, 6.07) is 2.69. The van der Waals surface area contributed by atoms with Gasteiger partial charge in [-0.05, 0) is 31.5 Å². The predicted octanol–water partition coefficient (Wildman–Crippen LogP) is 3.02. The van der Waals surface area contributed by atoms with Crippen LogP contribution in [-0.2, 0) is 4.79 Å². The largest absolute Gasteiger partial charge is 0.478 e. The minimum Gasteiger partial charge on any atom is -0.478 e. The molecule has 1 unspecified atom stereocenters. The van der Waals surface area contributed by atoms with Crippen LogP contribution in [0.3, 0.4) is 0 Å². The zero-order valence-electron chi connectivity index (χ0n) is 11.5. The minimum atomic E-state index is -1.19. The van der Waals surface area contributed by atoms with E-state index in [-0.39, 0.29) is 27.2 Å². The van der Waals surface area contributed by atoms with Crippen LogP contribution in [-0.4, -0.2) is 30.1 Å². The molecule has 21 heavy (non-hydrogen) atoms. The van der Waals surface area contributed by atoms with Crippen molar-refractivity contribution in [2.24, 2.45) is 5.41 Å². The number of amides is 1. The first-order chi connectivity index (χ1) is 9.89. The number of halogens is 2. The Morgan fingerprint density at radius 3 is 2.67 bits per heavy atom. The molecule has 1 fully saturated rings. The van der Waals surface area contributed by atoms with Crippen LogP contribution >= 0.6 is 23.2 Å². The number of anilines is 1. The number of carbonyl (C=O) groups excluding carboxylic acids is 1. The van der Waals surface area contributed by atoms with E-state index in [4.69, 9.17) is 23.2 Å². The van der Waals surface area contributed by atoms with E-state index in [0.717, 1.165) is 6.54 Å². The van der Waals surface area contributed by atoms with Crippen molar-refractivity contribution < 1.29 is 14.7 Å². The molecule has 0 aromatic heterocycles. The van der Waals surface area contributed by atoms with Crippen molar-refractivity contribution in [2.45, 2.75) is 19.8 Å². The molecule has 1 saturated heterocycles. The predicted molar refractivity (Wildman–Crippen MR) is 82.3 cm³/mol. The van der Waals surface area contributed by atoms with Gasteiger partial charge in [-0.1, -0.05) is 30.1 Å². The molecule has 5 nitrogen and oxygen atoms in total. The summed E-state index contributed by atoms with van der Waals surface area (Å²) < 4.78 is 0. The zero-order valence-corrected chi connectivity index (χ0v) is 13.0. The first-order valence-electron chi connectivity index (χ1n) is 6.64. The van der Waals surface area contributed by atoms with Crippen molar-refractivity contribution in [3.8, 4) is 0 Å². The summed E-state index contributed by atoms with van der Waals surface area (Å²) in [6.07, 6.45) is 1.38. The van der Waals surface area contributed by atoms with Crippen LogP contribution in [0.4, 0.5) is 5.69 Å². The molecule has 3 N–H and O–H groups in total. The molecule has 0 saturated carbocycles. The molecule has 1 aliphatic rings. The summed E-state index contributed by atoms with van der Waals surface area (Å²) in [7, 11) is 0. The smallest absolute Gasteiger partial charge is 0.337 e. The van der Waals surface area contributed by atoms with E-state index < -0.39 is 11.4 Å². The van der Waals surface area contributed by atoms with Crippen molar-refractivity contribution in [1.82, 2.24) is 5.32 Å². The lowest BCUT2D eigenvalue weighted by Crippen LogP contribution is -2.38. The Morgan fingerprint density at radius 2 is 2.14 bits per heavy atom. The molecule has 0 bridgehead atoms. The highest BCUT2D eigenvalue weighted by molar-refractivity contribution is 6.37. The summed E-state index contributed by atoms with van der Waals surface area (Å²) >= 11 is 11.9. The molecule has 0 aliphatic carbocycles. The fraction of sp³-hybridized carbons (Fsp3) is 0.429. The monoisotopic (exact) mass is 330 g/mol. The van der Waals surface area contributed by atoms with Crippen molar-refractivity contribution in [3.63, 3.8) is 0 Å². The average Bonchev–Trinajstić information content (AvgIpc) is 2.91. The average molecular weight is 331 g/mol. The fourth-order valence-electron chi connectivity index (χ4n) is 2.52. The van der Waals surface area contributed by atoms with Gasteiger partial charge >= 0.3 is 5.97 Å². The van der Waals surface area contributed by atoms with Gasteiger partial charge < -0.3 is 15.7 Å². The Balaban J connectivity index is 2.35. The van der Waals surface area contributed by atoms with Gasteiger partial charge in [0.1, 0.15) is 0 Å². The maximum absolute atomic E-state index is 12.5. The minimum absolute atomic E-state index is 0.0956. The van der Waals surface area contributed by atoms with Crippen LogP contribution in [0.1, 0.15) is 30.1 Å². The summed E-state index contributed by atoms with van der Waals surface area (Å²) in [6.45, 7) is 3.28. The SMILES string of the molecule is CCC1(C(=O)Nc2c(Cl)cc(Cl)cc2C(=O)O)CCNC1. The third kappa shape index (κ3) is 3.15. The van der Waals surface area contributed by atoms with Crippen molar-refractivity contribution in [3.05, 3.63) is 27.7 Å². The zero-order chi connectivity index (χ0) is 15.6. The molecule has 1 aromatic rings. The van der Waals surface area contributed by atoms with Crippen LogP contribution in [0.25, 0.3) is 0 Å². The molecule has 0 spiro atoms. The van der Waals surface area contributed by atoms with E-state index in [0.29, 0.717) is 19.4 Å². The topological polar surface area (TPSA) is 78.4 Å². The molecule has 1 aliphatic heterocycles. The lowest BCUT2D eigenvalue weighted by molar-refractivity contribution is -0.124. The lowest BCUT2D eigenvalue weighted by Gasteiger charge is -2.26. The normalized spacial score (nSPS) is 21.3. The number of benzene rings is 1. The fourth-order valence-corrected chi connectivity index (χ4v) is 3.06. The van der Waals surface area contributed by atoms with Gasteiger partial charge in [-0.2, -0.15) is 0 Å². The van der Waals surface area contributed by atoms with E-state index in [1.807, 2.05) is 6.92 Å². The van der Waals surface area contributed by atoms with Crippen LogP contribution < -0.4 is 10.6 Å². The van der Waals surface area contributed by atoms with Crippen molar-refractivity contribution in [1.29, 1.82) is 0 Å². The molecule has 7 heteroatoms. The van der Waals surface area contributed by atoms with Crippen LogP contribution in [0, 0.1) is 5.41 Å². The number of hydrogen-bond donors (Lipinski definition) is 3. The highest BCUT2D eigenvalue weighted by Gasteiger charge is 2.40. The number of nitrogens with one attached hydrogen (secondary N) is 2. The number of carbonyl (C=O) groups is 2. The second kappa shape index (κ2) is 6.22. The van der Waals surface area contributed by atoms with E-state index in [1.165, 1.54) is 12.1 Å². The van der Waals surface area contributed by atoms with E-state index in [2.05, 4.69) is 10.6 Å². The number of hydrogen-bond acceptors (Lipinski definition) is 3. The second-order valence-corrected chi connectivity index (χ2v) is 5.97. The lowest BCUT2D eigenvalue weighted by atomic mass is 9.83. The van der Waals surface area contributed by atoms with E-state index >= 15 is 0 Å². The third-order valence-corrected chi connectivity index (χ3v) is 4.44. The highest BCUT2D eigenvalue weighted by atomic mass is 35.5. The molecule has 1 aromatic carbocycles. The molecule has 2 rings (SSSR count). The van der Waals surface area contributed by atoms with E-state index in [1.54, 1.807) is 0 Å². The van der Waals surface area contributed by atoms with Gasteiger partial charge in [0.25, 0.3) is 0 Å². The van der Waals surface area contributed by atoms with Crippen LogP contribution in [0.5, 0.6) is 0 Å². The third-order valence-electron chi connectivity index (χ3n) is 3.93. The summed E-state index contributed by atoms with van der Waals surface area (Å²) in [5.41, 5.74) is -0.546. The second-order valence-electron chi connectivity index (χ2n) is 5.13. The number of aromatic carboxylic acids is 1. The molecule has 1 atom stereocenters. The van der Waals surface area contributed by atoms with Gasteiger partial charge in [0.15, 0.2) is 0 Å². The van der Waals surface area contributed by atoms with Gasteiger partial charge in [-0.15, -0.1) is 0 Å². The Hall–Kier alpha value is -1.30.